The minimum atomic E-state index is -0.187. The molecule has 2 rings (SSSR count). The monoisotopic (exact) mass is 353 g/mol. The maximum atomic E-state index is 12.5. The molecule has 1 heterocycles. The summed E-state index contributed by atoms with van der Waals surface area (Å²) in [6.07, 6.45) is 2.09. The smallest absolute Gasteiger partial charge is 0.254 e. The van der Waals surface area contributed by atoms with E-state index in [4.69, 9.17) is 5.73 Å². The summed E-state index contributed by atoms with van der Waals surface area (Å²) in [5.41, 5.74) is 7.71. The van der Waals surface area contributed by atoms with Crippen LogP contribution >= 0.6 is 15.9 Å². The van der Waals surface area contributed by atoms with Gasteiger partial charge in [0.15, 0.2) is 0 Å². The van der Waals surface area contributed by atoms with Crippen molar-refractivity contribution in [1.82, 2.24) is 9.80 Å². The topological polar surface area (TPSA) is 66.6 Å². The van der Waals surface area contributed by atoms with E-state index >= 15 is 0 Å². The number of amides is 2. The number of halogens is 1. The summed E-state index contributed by atoms with van der Waals surface area (Å²) in [5, 5.41) is 0. The molecule has 114 valence electrons. The Morgan fingerprint density at radius 1 is 1.33 bits per heavy atom. The molecule has 0 atom stereocenters. The van der Waals surface area contributed by atoms with Crippen LogP contribution in [0.15, 0.2) is 16.6 Å². The molecule has 0 aliphatic carbocycles. The first-order valence-electron chi connectivity index (χ1n) is 6.99. The Labute approximate surface area is 133 Å². The van der Waals surface area contributed by atoms with E-state index in [1.54, 1.807) is 19.2 Å². The molecule has 21 heavy (non-hydrogen) atoms. The fraction of sp³-hybridized carbons (Fsp3) is 0.467. The molecule has 1 fully saturated rings. The maximum absolute atomic E-state index is 12.5. The van der Waals surface area contributed by atoms with E-state index in [2.05, 4.69) is 15.9 Å². The number of likely N-dealkylation sites (N-methyl/N-ethyl adjacent to an activating group) is 1. The third-order valence-electron chi connectivity index (χ3n) is 3.82. The van der Waals surface area contributed by atoms with Gasteiger partial charge in [0, 0.05) is 35.9 Å². The van der Waals surface area contributed by atoms with Crippen LogP contribution in [-0.2, 0) is 4.79 Å². The molecule has 0 saturated carbocycles. The Kier molecular flexibility index (Phi) is 4.88. The normalized spacial score (nSPS) is 14.3. The first kappa shape index (κ1) is 15.8. The summed E-state index contributed by atoms with van der Waals surface area (Å²) >= 11 is 3.34. The lowest BCUT2D eigenvalue weighted by Gasteiger charge is -2.22. The van der Waals surface area contributed by atoms with Crippen LogP contribution in [0.3, 0.4) is 0 Å². The third-order valence-corrected chi connectivity index (χ3v) is 4.28. The third kappa shape index (κ3) is 3.56. The van der Waals surface area contributed by atoms with Crippen molar-refractivity contribution in [2.24, 2.45) is 0 Å². The van der Waals surface area contributed by atoms with Gasteiger partial charge in [-0.2, -0.15) is 0 Å². The lowest BCUT2D eigenvalue weighted by molar-refractivity contribution is -0.130. The van der Waals surface area contributed by atoms with Gasteiger partial charge < -0.3 is 15.5 Å². The van der Waals surface area contributed by atoms with Gasteiger partial charge in [-0.15, -0.1) is 0 Å². The molecule has 2 N–H and O–H groups in total. The number of carbonyl (C=O) groups is 2. The summed E-state index contributed by atoms with van der Waals surface area (Å²) in [7, 11) is 1.65. The zero-order chi connectivity index (χ0) is 15.6. The van der Waals surface area contributed by atoms with Crippen molar-refractivity contribution in [3.8, 4) is 0 Å². The van der Waals surface area contributed by atoms with Crippen LogP contribution < -0.4 is 5.73 Å². The number of nitrogen functional groups attached to an aromatic ring is 1. The Bertz CT molecular complexity index is 568. The van der Waals surface area contributed by atoms with Gasteiger partial charge in [0.05, 0.1) is 6.54 Å². The van der Waals surface area contributed by atoms with E-state index < -0.39 is 0 Å². The number of nitrogens with zero attached hydrogens (tertiary/aromatic N) is 2. The molecule has 5 nitrogen and oxygen atoms in total. The van der Waals surface area contributed by atoms with Crippen LogP contribution in [0.25, 0.3) is 0 Å². The van der Waals surface area contributed by atoms with Gasteiger partial charge in [-0.1, -0.05) is 15.9 Å². The molecular formula is C15H20BrN3O2. The van der Waals surface area contributed by atoms with Crippen molar-refractivity contribution in [3.05, 3.63) is 27.7 Å². The molecule has 1 aromatic carbocycles. The summed E-state index contributed by atoms with van der Waals surface area (Å²) in [6.45, 7) is 3.50. The molecule has 0 aromatic heterocycles. The Balaban J connectivity index is 2.10. The summed E-state index contributed by atoms with van der Waals surface area (Å²) < 4.78 is 0.758. The van der Waals surface area contributed by atoms with Gasteiger partial charge in [0.25, 0.3) is 5.91 Å². The van der Waals surface area contributed by atoms with Gasteiger partial charge >= 0.3 is 0 Å². The van der Waals surface area contributed by atoms with E-state index in [-0.39, 0.29) is 18.4 Å². The summed E-state index contributed by atoms with van der Waals surface area (Å²) in [4.78, 5) is 27.9. The largest absolute Gasteiger partial charge is 0.398 e. The van der Waals surface area contributed by atoms with Crippen LogP contribution in [0.5, 0.6) is 0 Å². The SMILES string of the molecule is Cc1c(N)cc(Br)cc1C(=O)N(C)CC(=O)N1CCCC1. The minimum Gasteiger partial charge on any atom is -0.398 e. The average molecular weight is 354 g/mol. The van der Waals surface area contributed by atoms with E-state index in [1.807, 2.05) is 11.8 Å². The Hall–Kier alpha value is -1.56. The summed E-state index contributed by atoms with van der Waals surface area (Å²) in [6, 6.07) is 3.51. The van der Waals surface area contributed by atoms with Crippen LogP contribution in [0.4, 0.5) is 5.69 Å². The molecule has 1 aliphatic heterocycles. The molecule has 0 spiro atoms. The predicted molar refractivity (Wildman–Crippen MR) is 86.1 cm³/mol. The molecule has 6 heteroatoms. The van der Waals surface area contributed by atoms with Crippen LogP contribution in [0.1, 0.15) is 28.8 Å². The lowest BCUT2D eigenvalue weighted by Crippen LogP contribution is -2.40. The van der Waals surface area contributed by atoms with Crippen molar-refractivity contribution < 1.29 is 9.59 Å². The van der Waals surface area contributed by atoms with Gasteiger partial charge in [-0.05, 0) is 37.5 Å². The highest BCUT2D eigenvalue weighted by Crippen LogP contribution is 2.23. The van der Waals surface area contributed by atoms with Gasteiger partial charge in [0.1, 0.15) is 0 Å². The first-order chi connectivity index (χ1) is 9.90. The predicted octanol–water partition coefficient (Wildman–Crippen LogP) is 2.03. The average Bonchev–Trinajstić information content (AvgIpc) is 2.96. The van der Waals surface area contributed by atoms with Gasteiger partial charge in [0.2, 0.25) is 5.91 Å². The van der Waals surface area contributed by atoms with Gasteiger partial charge in [-0.25, -0.2) is 0 Å². The van der Waals surface area contributed by atoms with Crippen molar-refractivity contribution in [1.29, 1.82) is 0 Å². The van der Waals surface area contributed by atoms with Crippen molar-refractivity contribution in [2.45, 2.75) is 19.8 Å². The number of anilines is 1. The Morgan fingerprint density at radius 2 is 1.95 bits per heavy atom. The zero-order valence-electron chi connectivity index (χ0n) is 12.4. The van der Waals surface area contributed by atoms with E-state index in [9.17, 15) is 9.59 Å². The number of hydrogen-bond donors (Lipinski definition) is 1. The maximum Gasteiger partial charge on any atom is 0.254 e. The number of nitrogens with two attached hydrogens (primary N) is 1. The number of benzene rings is 1. The molecular weight excluding hydrogens is 334 g/mol. The second-order valence-electron chi connectivity index (χ2n) is 5.42. The molecule has 0 bridgehead atoms. The molecule has 1 aliphatic rings. The lowest BCUT2D eigenvalue weighted by atomic mass is 10.1. The minimum absolute atomic E-state index is 0.00368. The van der Waals surface area contributed by atoms with Crippen molar-refractivity contribution in [2.75, 3.05) is 32.4 Å². The molecule has 2 amide bonds. The molecule has 0 unspecified atom stereocenters. The quantitative estimate of drug-likeness (QED) is 0.845. The second-order valence-corrected chi connectivity index (χ2v) is 6.33. The highest BCUT2D eigenvalue weighted by atomic mass is 79.9. The number of likely N-dealkylation sites (tertiary alicyclic amines) is 1. The second kappa shape index (κ2) is 6.47. The fourth-order valence-electron chi connectivity index (χ4n) is 2.47. The highest BCUT2D eigenvalue weighted by Gasteiger charge is 2.23. The van der Waals surface area contributed by atoms with Crippen molar-refractivity contribution in [3.63, 3.8) is 0 Å². The molecule has 1 saturated heterocycles. The van der Waals surface area contributed by atoms with Crippen LogP contribution in [0, 0.1) is 6.92 Å². The Morgan fingerprint density at radius 3 is 2.57 bits per heavy atom. The first-order valence-corrected chi connectivity index (χ1v) is 7.78. The van der Waals surface area contributed by atoms with E-state index in [0.717, 1.165) is 36.0 Å². The standard InChI is InChI=1S/C15H20BrN3O2/c1-10-12(7-11(16)8-13(10)17)15(21)18(2)9-14(20)19-5-3-4-6-19/h7-8H,3-6,9,17H2,1-2H3. The van der Waals surface area contributed by atoms with Gasteiger partial charge in [-0.3, -0.25) is 9.59 Å². The summed E-state index contributed by atoms with van der Waals surface area (Å²) in [5.74, 6) is -0.183. The number of hydrogen-bond acceptors (Lipinski definition) is 3. The van der Waals surface area contributed by atoms with Crippen molar-refractivity contribution >= 4 is 33.4 Å². The number of carbonyl (C=O) groups excluding carboxylic acids is 2. The highest BCUT2D eigenvalue weighted by molar-refractivity contribution is 9.10. The zero-order valence-corrected chi connectivity index (χ0v) is 13.9. The molecule has 0 radical (unpaired) electrons. The number of rotatable bonds is 3. The van der Waals surface area contributed by atoms with Crippen LogP contribution in [0.2, 0.25) is 0 Å². The van der Waals surface area contributed by atoms with E-state index in [1.165, 1.54) is 4.90 Å². The fourth-order valence-corrected chi connectivity index (χ4v) is 2.94. The van der Waals surface area contributed by atoms with E-state index in [0.29, 0.717) is 11.3 Å². The van der Waals surface area contributed by atoms with Crippen LogP contribution in [-0.4, -0.2) is 48.3 Å². The molecule has 1 aromatic rings.